The highest BCUT2D eigenvalue weighted by Crippen LogP contribution is 2.25. The molecule has 2 amide bonds. The van der Waals surface area contributed by atoms with Crippen LogP contribution in [0.25, 0.3) is 0 Å². The number of benzene rings is 1. The van der Waals surface area contributed by atoms with E-state index in [2.05, 4.69) is 12.2 Å². The summed E-state index contributed by atoms with van der Waals surface area (Å²) in [5, 5.41) is 3.69. The summed E-state index contributed by atoms with van der Waals surface area (Å²) in [7, 11) is 0. The van der Waals surface area contributed by atoms with Crippen LogP contribution in [0.5, 0.6) is 0 Å². The number of nitrogens with one attached hydrogen (secondary N) is 1. The Hall–Kier alpha value is -0.970. The highest BCUT2D eigenvalue weighted by Gasteiger charge is 2.25. The Morgan fingerprint density at radius 1 is 1.37 bits per heavy atom. The molecule has 104 valence electrons. The fraction of sp³-hybridized carbons (Fsp3) is 0.462. The number of halogens is 2. The van der Waals surface area contributed by atoms with E-state index in [0.29, 0.717) is 28.2 Å². The molecule has 0 aromatic heterocycles. The number of rotatable bonds is 1. The molecule has 0 bridgehead atoms. The second-order valence-corrected chi connectivity index (χ2v) is 5.88. The molecule has 1 aliphatic rings. The van der Waals surface area contributed by atoms with Crippen LogP contribution in [0, 0.1) is 5.92 Å². The molecule has 0 aliphatic carbocycles. The summed E-state index contributed by atoms with van der Waals surface area (Å²) >= 11 is 11.7. The van der Waals surface area contributed by atoms with E-state index in [1.165, 1.54) is 0 Å². The zero-order chi connectivity index (χ0) is 14.0. The van der Waals surface area contributed by atoms with Crippen LogP contribution in [0.3, 0.4) is 0 Å². The summed E-state index contributed by atoms with van der Waals surface area (Å²) in [4.78, 5) is 13.9. The summed E-state index contributed by atoms with van der Waals surface area (Å²) in [6.07, 6.45) is 0.955. The van der Waals surface area contributed by atoms with Gasteiger partial charge in [0.1, 0.15) is 0 Å². The van der Waals surface area contributed by atoms with E-state index in [9.17, 15) is 4.79 Å². The van der Waals surface area contributed by atoms with Crippen LogP contribution in [0.15, 0.2) is 18.2 Å². The minimum atomic E-state index is -0.152. The van der Waals surface area contributed by atoms with Gasteiger partial charge >= 0.3 is 6.03 Å². The molecule has 1 heterocycles. The third-order valence-corrected chi connectivity index (χ3v) is 3.89. The smallest absolute Gasteiger partial charge is 0.321 e. The first-order chi connectivity index (χ1) is 8.95. The van der Waals surface area contributed by atoms with Gasteiger partial charge in [-0.25, -0.2) is 4.79 Å². The average Bonchev–Trinajstić information content (AvgIpc) is 2.32. The third-order valence-electron chi connectivity index (χ3n) is 3.15. The van der Waals surface area contributed by atoms with Gasteiger partial charge in [-0.2, -0.15) is 0 Å². The molecule has 2 atom stereocenters. The lowest BCUT2D eigenvalue weighted by atomic mass is 9.97. The maximum absolute atomic E-state index is 12.1. The molecule has 1 fully saturated rings. The molecule has 19 heavy (non-hydrogen) atoms. The standard InChI is InChI=1S/C13H17Cl2N3O/c1-8-4-9(16)7-18(6-8)13(19)17-10-2-3-11(14)12(15)5-10/h2-3,5,8-9H,4,6-7,16H2,1H3,(H,17,19). The van der Waals surface area contributed by atoms with Crippen molar-refractivity contribution in [1.82, 2.24) is 4.90 Å². The Labute approximate surface area is 122 Å². The van der Waals surface area contributed by atoms with Crippen molar-refractivity contribution in [3.63, 3.8) is 0 Å². The molecular weight excluding hydrogens is 285 g/mol. The summed E-state index contributed by atoms with van der Waals surface area (Å²) in [6.45, 7) is 3.40. The number of nitrogens with zero attached hydrogens (tertiary/aromatic N) is 1. The number of hydrogen-bond acceptors (Lipinski definition) is 2. The normalized spacial score (nSPS) is 23.3. The monoisotopic (exact) mass is 301 g/mol. The van der Waals surface area contributed by atoms with Crippen molar-refractivity contribution in [3.8, 4) is 0 Å². The van der Waals surface area contributed by atoms with Crippen molar-refractivity contribution in [3.05, 3.63) is 28.2 Å². The highest BCUT2D eigenvalue weighted by molar-refractivity contribution is 6.42. The number of nitrogens with two attached hydrogens (primary N) is 1. The molecule has 3 N–H and O–H groups in total. The summed E-state index contributed by atoms with van der Waals surface area (Å²) in [5.74, 6) is 0.420. The van der Waals surface area contributed by atoms with Gasteiger partial charge in [-0.15, -0.1) is 0 Å². The highest BCUT2D eigenvalue weighted by atomic mass is 35.5. The predicted octanol–water partition coefficient (Wildman–Crippen LogP) is 3.19. The van der Waals surface area contributed by atoms with Crippen molar-refractivity contribution < 1.29 is 4.79 Å². The number of urea groups is 1. The zero-order valence-corrected chi connectivity index (χ0v) is 12.2. The van der Waals surface area contributed by atoms with Crippen LogP contribution in [0.1, 0.15) is 13.3 Å². The van der Waals surface area contributed by atoms with Gasteiger partial charge in [-0.05, 0) is 30.5 Å². The third kappa shape index (κ3) is 3.75. The van der Waals surface area contributed by atoms with Crippen molar-refractivity contribution in [2.24, 2.45) is 11.7 Å². The fourth-order valence-corrected chi connectivity index (χ4v) is 2.64. The molecule has 1 saturated heterocycles. The second-order valence-electron chi connectivity index (χ2n) is 5.06. The van der Waals surface area contributed by atoms with E-state index in [-0.39, 0.29) is 12.1 Å². The Morgan fingerprint density at radius 2 is 2.11 bits per heavy atom. The van der Waals surface area contributed by atoms with Crippen molar-refractivity contribution in [2.75, 3.05) is 18.4 Å². The SMILES string of the molecule is CC1CC(N)CN(C(=O)Nc2ccc(Cl)c(Cl)c2)C1. The fourth-order valence-electron chi connectivity index (χ4n) is 2.34. The number of hydrogen-bond donors (Lipinski definition) is 2. The number of carbonyl (C=O) groups is 1. The van der Waals surface area contributed by atoms with E-state index in [1.54, 1.807) is 23.1 Å². The van der Waals surface area contributed by atoms with Gasteiger partial charge in [0, 0.05) is 24.8 Å². The van der Waals surface area contributed by atoms with Gasteiger partial charge in [0.2, 0.25) is 0 Å². The van der Waals surface area contributed by atoms with Gasteiger partial charge < -0.3 is 16.0 Å². The van der Waals surface area contributed by atoms with E-state index in [0.717, 1.165) is 13.0 Å². The number of amides is 2. The molecule has 0 spiro atoms. The summed E-state index contributed by atoms with van der Waals surface area (Å²) in [6, 6.07) is 4.90. The number of piperidine rings is 1. The molecule has 4 nitrogen and oxygen atoms in total. The molecule has 6 heteroatoms. The lowest BCUT2D eigenvalue weighted by Crippen LogP contribution is -2.50. The number of anilines is 1. The number of carbonyl (C=O) groups excluding carboxylic acids is 1. The van der Waals surface area contributed by atoms with Crippen LogP contribution in [-0.4, -0.2) is 30.1 Å². The average molecular weight is 302 g/mol. The van der Waals surface area contributed by atoms with Gasteiger partial charge in [0.05, 0.1) is 10.0 Å². The molecular formula is C13H17Cl2N3O. The molecule has 2 unspecified atom stereocenters. The van der Waals surface area contributed by atoms with E-state index < -0.39 is 0 Å². The molecule has 1 aliphatic heterocycles. The Morgan fingerprint density at radius 3 is 2.74 bits per heavy atom. The molecule has 1 aromatic rings. The van der Waals surface area contributed by atoms with Crippen molar-refractivity contribution >= 4 is 34.9 Å². The number of likely N-dealkylation sites (tertiary alicyclic amines) is 1. The molecule has 0 radical (unpaired) electrons. The maximum atomic E-state index is 12.1. The molecule has 1 aromatic carbocycles. The zero-order valence-electron chi connectivity index (χ0n) is 10.7. The van der Waals surface area contributed by atoms with Crippen LogP contribution >= 0.6 is 23.2 Å². The van der Waals surface area contributed by atoms with Crippen LogP contribution in [-0.2, 0) is 0 Å². The van der Waals surface area contributed by atoms with Gasteiger partial charge in [-0.3, -0.25) is 0 Å². The van der Waals surface area contributed by atoms with Gasteiger partial charge in [0.25, 0.3) is 0 Å². The Balaban J connectivity index is 2.02. The summed E-state index contributed by atoms with van der Waals surface area (Å²) in [5.41, 5.74) is 6.56. The minimum Gasteiger partial charge on any atom is -0.326 e. The van der Waals surface area contributed by atoms with E-state index >= 15 is 0 Å². The summed E-state index contributed by atoms with van der Waals surface area (Å²) < 4.78 is 0. The lowest BCUT2D eigenvalue weighted by Gasteiger charge is -2.34. The van der Waals surface area contributed by atoms with Gasteiger partial charge in [0.15, 0.2) is 0 Å². The quantitative estimate of drug-likeness (QED) is 0.837. The van der Waals surface area contributed by atoms with Crippen LogP contribution in [0.4, 0.5) is 10.5 Å². The minimum absolute atomic E-state index is 0.0447. The van der Waals surface area contributed by atoms with E-state index in [4.69, 9.17) is 28.9 Å². The molecule has 0 saturated carbocycles. The Kier molecular flexibility index (Phi) is 4.55. The topological polar surface area (TPSA) is 58.4 Å². The molecule has 2 rings (SSSR count). The van der Waals surface area contributed by atoms with Crippen LogP contribution < -0.4 is 11.1 Å². The van der Waals surface area contributed by atoms with Gasteiger partial charge in [-0.1, -0.05) is 30.1 Å². The Bertz CT molecular complexity index is 471. The van der Waals surface area contributed by atoms with Crippen LogP contribution in [0.2, 0.25) is 10.0 Å². The van der Waals surface area contributed by atoms with E-state index in [1.807, 2.05) is 0 Å². The maximum Gasteiger partial charge on any atom is 0.321 e. The first-order valence-corrected chi connectivity index (χ1v) is 6.98. The van der Waals surface area contributed by atoms with Crippen molar-refractivity contribution in [1.29, 1.82) is 0 Å². The first kappa shape index (κ1) is 14.4. The van der Waals surface area contributed by atoms with Crippen molar-refractivity contribution in [2.45, 2.75) is 19.4 Å². The predicted molar refractivity (Wildman–Crippen MR) is 78.8 cm³/mol. The largest absolute Gasteiger partial charge is 0.326 e. The second kappa shape index (κ2) is 5.99. The lowest BCUT2D eigenvalue weighted by molar-refractivity contribution is 0.172. The first-order valence-electron chi connectivity index (χ1n) is 6.22.